The van der Waals surface area contributed by atoms with Gasteiger partial charge in [-0.3, -0.25) is 0 Å². The highest BCUT2D eigenvalue weighted by molar-refractivity contribution is 7.90. The standard InChI is InChI=1S/C24H20Cl2N2O5S2/c1-12-15(5-3-7-19(12)25)21-17-10-9-14(29)11-18(17)23(34(27,30)31)22(24(21)35(28,32)33)16-6-4-8-20(26)13(16)2/h3-11,29H,1-2H3,(H2,27,30,31)(H2,28,32,33). The molecular weight excluding hydrogens is 531 g/mol. The summed E-state index contributed by atoms with van der Waals surface area (Å²) in [5.41, 5.74) is 1.48. The molecule has 182 valence electrons. The van der Waals surface area contributed by atoms with Crippen LogP contribution in [0.25, 0.3) is 33.0 Å². The molecule has 11 heteroatoms. The van der Waals surface area contributed by atoms with Crippen LogP contribution in [0.4, 0.5) is 0 Å². The lowest BCUT2D eigenvalue weighted by Crippen LogP contribution is -2.20. The average molecular weight is 551 g/mol. The highest BCUT2D eigenvalue weighted by atomic mass is 35.5. The van der Waals surface area contributed by atoms with Crippen molar-refractivity contribution < 1.29 is 21.9 Å². The lowest BCUT2D eigenvalue weighted by molar-refractivity contribution is 0.476. The minimum atomic E-state index is -4.57. The Bertz CT molecular complexity index is 1750. The molecule has 0 atom stereocenters. The second kappa shape index (κ2) is 8.77. The molecule has 0 bridgehead atoms. The van der Waals surface area contributed by atoms with E-state index in [-0.39, 0.29) is 38.2 Å². The topological polar surface area (TPSA) is 141 Å². The number of benzene rings is 4. The molecule has 35 heavy (non-hydrogen) atoms. The monoisotopic (exact) mass is 550 g/mol. The molecule has 0 radical (unpaired) electrons. The molecule has 0 aliphatic carbocycles. The first kappa shape index (κ1) is 25.4. The maximum atomic E-state index is 13.2. The van der Waals surface area contributed by atoms with Crippen molar-refractivity contribution in [1.29, 1.82) is 0 Å². The highest BCUT2D eigenvalue weighted by Crippen LogP contribution is 2.48. The van der Waals surface area contributed by atoms with E-state index in [1.165, 1.54) is 24.3 Å². The minimum absolute atomic E-state index is 0.0173. The van der Waals surface area contributed by atoms with E-state index < -0.39 is 29.8 Å². The van der Waals surface area contributed by atoms with Gasteiger partial charge in [0.15, 0.2) is 0 Å². The van der Waals surface area contributed by atoms with E-state index in [4.69, 9.17) is 33.5 Å². The average Bonchev–Trinajstić information content (AvgIpc) is 2.74. The maximum absolute atomic E-state index is 13.2. The SMILES string of the molecule is Cc1c(Cl)cccc1-c1c(S(N)(=O)=O)c(-c2cccc(Cl)c2C)c2ccc(O)cc2c1S(N)(=O)=O. The van der Waals surface area contributed by atoms with E-state index in [2.05, 4.69) is 0 Å². The predicted molar refractivity (Wildman–Crippen MR) is 139 cm³/mol. The van der Waals surface area contributed by atoms with E-state index in [0.29, 0.717) is 21.7 Å². The highest BCUT2D eigenvalue weighted by Gasteiger charge is 2.33. The third kappa shape index (κ3) is 4.40. The fourth-order valence-corrected chi connectivity index (χ4v) is 6.66. The number of hydrogen-bond donors (Lipinski definition) is 3. The van der Waals surface area contributed by atoms with Crippen molar-refractivity contribution in [3.8, 4) is 28.0 Å². The summed E-state index contributed by atoms with van der Waals surface area (Å²) in [5, 5.41) is 22.5. The van der Waals surface area contributed by atoms with E-state index in [1.54, 1.807) is 44.2 Å². The van der Waals surface area contributed by atoms with Gasteiger partial charge in [-0.05, 0) is 71.8 Å². The zero-order valence-electron chi connectivity index (χ0n) is 18.5. The number of phenols is 1. The number of aromatic hydroxyl groups is 1. The van der Waals surface area contributed by atoms with Crippen molar-refractivity contribution in [3.05, 3.63) is 75.8 Å². The van der Waals surface area contributed by atoms with Crippen molar-refractivity contribution >= 4 is 54.0 Å². The quantitative estimate of drug-likeness (QED) is 0.324. The molecule has 0 fully saturated rings. The zero-order chi connectivity index (χ0) is 25.9. The van der Waals surface area contributed by atoms with Crippen molar-refractivity contribution in [2.75, 3.05) is 0 Å². The Kier molecular flexibility index (Phi) is 6.38. The van der Waals surface area contributed by atoms with Crippen LogP contribution < -0.4 is 10.3 Å². The summed E-state index contributed by atoms with van der Waals surface area (Å²) in [5.74, 6) is -0.242. The summed E-state index contributed by atoms with van der Waals surface area (Å²) in [6.45, 7) is 3.32. The van der Waals surface area contributed by atoms with Gasteiger partial charge in [-0.25, -0.2) is 27.1 Å². The number of sulfonamides is 2. The summed E-state index contributed by atoms with van der Waals surface area (Å²) >= 11 is 12.7. The van der Waals surface area contributed by atoms with Crippen LogP contribution in [-0.4, -0.2) is 21.9 Å². The fourth-order valence-electron chi connectivity index (χ4n) is 4.27. The van der Waals surface area contributed by atoms with Crippen molar-refractivity contribution in [3.63, 3.8) is 0 Å². The van der Waals surface area contributed by atoms with Gasteiger partial charge in [-0.2, -0.15) is 0 Å². The largest absolute Gasteiger partial charge is 0.508 e. The van der Waals surface area contributed by atoms with Gasteiger partial charge in [-0.15, -0.1) is 0 Å². The Labute approximate surface area is 213 Å². The van der Waals surface area contributed by atoms with Crippen molar-refractivity contribution in [2.45, 2.75) is 23.6 Å². The Morgan fingerprint density at radius 1 is 0.686 bits per heavy atom. The lowest BCUT2D eigenvalue weighted by Gasteiger charge is -2.23. The van der Waals surface area contributed by atoms with Gasteiger partial charge in [-0.1, -0.05) is 47.5 Å². The summed E-state index contributed by atoms with van der Waals surface area (Å²) in [7, 11) is -9.13. The van der Waals surface area contributed by atoms with E-state index >= 15 is 0 Å². The molecule has 0 aliphatic rings. The van der Waals surface area contributed by atoms with Crippen molar-refractivity contribution in [2.24, 2.45) is 10.3 Å². The van der Waals surface area contributed by atoms with Crippen LogP contribution in [0.15, 0.2) is 64.4 Å². The third-order valence-electron chi connectivity index (χ3n) is 5.84. The minimum Gasteiger partial charge on any atom is -0.508 e. The number of fused-ring (bicyclic) bond motifs is 1. The van der Waals surface area contributed by atoms with E-state index in [9.17, 15) is 21.9 Å². The number of rotatable bonds is 4. The smallest absolute Gasteiger partial charge is 0.239 e. The van der Waals surface area contributed by atoms with Crippen LogP contribution in [0.1, 0.15) is 11.1 Å². The molecule has 0 unspecified atom stereocenters. The molecule has 4 aromatic rings. The molecule has 0 heterocycles. The van der Waals surface area contributed by atoms with E-state index in [1.807, 2.05) is 0 Å². The summed E-state index contributed by atoms with van der Waals surface area (Å²) < 4.78 is 52.5. The Balaban J connectivity index is 2.48. The fraction of sp³-hybridized carbons (Fsp3) is 0.0833. The van der Waals surface area contributed by atoms with E-state index in [0.717, 1.165) is 0 Å². The number of primary sulfonamides is 2. The molecule has 4 aromatic carbocycles. The Hall–Kier alpha value is -2.66. The van der Waals surface area contributed by atoms with Crippen LogP contribution in [0.2, 0.25) is 10.0 Å². The van der Waals surface area contributed by atoms with Crippen LogP contribution >= 0.6 is 23.2 Å². The molecule has 5 N–H and O–H groups in total. The van der Waals surface area contributed by atoms with Crippen LogP contribution in [0.5, 0.6) is 5.75 Å². The number of nitrogens with two attached hydrogens (primary N) is 2. The Morgan fingerprint density at radius 3 is 1.66 bits per heavy atom. The summed E-state index contributed by atoms with van der Waals surface area (Å²) in [6.07, 6.45) is 0. The normalized spacial score (nSPS) is 12.3. The number of phenolic OH excluding ortho intramolecular Hbond substituents is 1. The van der Waals surface area contributed by atoms with Gasteiger partial charge in [0, 0.05) is 26.6 Å². The summed E-state index contributed by atoms with van der Waals surface area (Å²) in [6, 6.07) is 13.6. The number of hydrogen-bond acceptors (Lipinski definition) is 5. The molecule has 4 rings (SSSR count). The van der Waals surface area contributed by atoms with Crippen LogP contribution in [0, 0.1) is 13.8 Å². The van der Waals surface area contributed by atoms with Gasteiger partial charge in [0.1, 0.15) is 5.75 Å². The molecule has 0 amide bonds. The van der Waals surface area contributed by atoms with Crippen molar-refractivity contribution in [1.82, 2.24) is 0 Å². The maximum Gasteiger partial charge on any atom is 0.239 e. The molecule has 0 spiro atoms. The van der Waals surface area contributed by atoms with Gasteiger partial charge < -0.3 is 5.11 Å². The second-order valence-corrected chi connectivity index (χ2v) is 11.9. The molecule has 0 aromatic heterocycles. The van der Waals surface area contributed by atoms with Crippen LogP contribution in [-0.2, 0) is 20.0 Å². The second-order valence-electron chi connectivity index (χ2n) is 8.05. The molecule has 0 saturated carbocycles. The number of halogens is 2. The lowest BCUT2D eigenvalue weighted by atomic mass is 9.89. The first-order chi connectivity index (χ1) is 16.2. The van der Waals surface area contributed by atoms with Gasteiger partial charge >= 0.3 is 0 Å². The molecular formula is C24H20Cl2N2O5S2. The van der Waals surface area contributed by atoms with Gasteiger partial charge in [0.2, 0.25) is 20.0 Å². The zero-order valence-corrected chi connectivity index (χ0v) is 21.6. The first-order valence-corrected chi connectivity index (χ1v) is 14.0. The molecule has 7 nitrogen and oxygen atoms in total. The van der Waals surface area contributed by atoms with Gasteiger partial charge in [0.25, 0.3) is 0 Å². The molecule has 0 aliphatic heterocycles. The van der Waals surface area contributed by atoms with Gasteiger partial charge in [0.05, 0.1) is 9.79 Å². The third-order valence-corrected chi connectivity index (χ3v) is 8.63. The molecule has 0 saturated heterocycles. The van der Waals surface area contributed by atoms with Crippen LogP contribution in [0.3, 0.4) is 0 Å². The Morgan fingerprint density at radius 2 is 1.17 bits per heavy atom. The summed E-state index contributed by atoms with van der Waals surface area (Å²) in [4.78, 5) is -0.948. The predicted octanol–water partition coefficient (Wildman–Crippen LogP) is 5.10. The first-order valence-electron chi connectivity index (χ1n) is 10.1.